The van der Waals surface area contributed by atoms with Crippen LogP contribution < -0.4 is 10.6 Å². The normalized spacial score (nSPS) is 10.2. The molecule has 0 saturated heterocycles. The van der Waals surface area contributed by atoms with Gasteiger partial charge in [-0.3, -0.25) is 4.79 Å². The van der Waals surface area contributed by atoms with Crippen molar-refractivity contribution in [2.75, 3.05) is 37.8 Å². The topological polar surface area (TPSA) is 93.9 Å². The summed E-state index contributed by atoms with van der Waals surface area (Å²) in [6.07, 6.45) is 0.996. The molecule has 0 aliphatic rings. The Morgan fingerprint density at radius 1 is 1.17 bits per heavy atom. The van der Waals surface area contributed by atoms with E-state index >= 15 is 0 Å². The number of anilines is 2. The van der Waals surface area contributed by atoms with Crippen LogP contribution in [0.1, 0.15) is 22.5 Å². The first kappa shape index (κ1) is 17.4. The molecule has 0 atom stereocenters. The Morgan fingerprint density at radius 2 is 1.92 bits per heavy atom. The van der Waals surface area contributed by atoms with Crippen molar-refractivity contribution in [1.82, 2.24) is 15.1 Å². The van der Waals surface area contributed by atoms with Crippen molar-refractivity contribution >= 4 is 17.4 Å². The summed E-state index contributed by atoms with van der Waals surface area (Å²) in [5.74, 6) is 0.301. The second-order valence-corrected chi connectivity index (χ2v) is 5.53. The molecule has 2 N–H and O–H groups in total. The second-order valence-electron chi connectivity index (χ2n) is 5.53. The lowest BCUT2D eigenvalue weighted by molar-refractivity contribution is 0.102. The highest BCUT2D eigenvalue weighted by Gasteiger charge is 2.08. The maximum Gasteiger partial charge on any atom is 0.276 e. The van der Waals surface area contributed by atoms with Crippen LogP contribution in [-0.4, -0.2) is 48.2 Å². The summed E-state index contributed by atoms with van der Waals surface area (Å²) in [4.78, 5) is 14.2. The molecule has 0 bridgehead atoms. The highest BCUT2D eigenvalue weighted by atomic mass is 16.1. The molecule has 0 aliphatic heterocycles. The summed E-state index contributed by atoms with van der Waals surface area (Å²) in [6, 6.07) is 12.0. The molecule has 0 radical (unpaired) electrons. The molecule has 2 rings (SSSR count). The number of benzene rings is 1. The molecule has 0 unspecified atom stereocenters. The van der Waals surface area contributed by atoms with Gasteiger partial charge in [-0.25, -0.2) is 0 Å². The maximum atomic E-state index is 12.1. The van der Waals surface area contributed by atoms with Crippen molar-refractivity contribution in [2.45, 2.75) is 6.42 Å². The maximum absolute atomic E-state index is 12.1. The lowest BCUT2D eigenvalue weighted by Crippen LogP contribution is -2.17. The smallest absolute Gasteiger partial charge is 0.276 e. The average molecular weight is 324 g/mol. The Bertz CT molecular complexity index is 703. The van der Waals surface area contributed by atoms with E-state index in [9.17, 15) is 4.79 Å². The van der Waals surface area contributed by atoms with Crippen molar-refractivity contribution < 1.29 is 4.79 Å². The number of carbonyl (C=O) groups excluding carboxylic acids is 1. The standard InChI is InChI=1S/C17H20N6O/c1-23(2)11-3-10-19-16-9-8-15(21-22-16)17(24)20-14-6-4-13(12-18)5-7-14/h4-9H,3,10-11H2,1-2H3,(H,19,22)(H,20,24). The minimum atomic E-state index is -0.341. The van der Waals surface area contributed by atoms with E-state index in [-0.39, 0.29) is 11.6 Å². The van der Waals surface area contributed by atoms with E-state index in [1.54, 1.807) is 36.4 Å². The van der Waals surface area contributed by atoms with Crippen molar-refractivity contribution in [3.63, 3.8) is 0 Å². The lowest BCUT2D eigenvalue weighted by atomic mass is 10.2. The molecule has 7 heteroatoms. The number of aromatic nitrogens is 2. The number of carbonyl (C=O) groups is 1. The molecular weight excluding hydrogens is 304 g/mol. The summed E-state index contributed by atoms with van der Waals surface area (Å²) in [5, 5.41) is 22.6. The van der Waals surface area contributed by atoms with Gasteiger partial charge in [0, 0.05) is 12.2 Å². The van der Waals surface area contributed by atoms with Crippen LogP contribution in [-0.2, 0) is 0 Å². The van der Waals surface area contributed by atoms with E-state index in [1.165, 1.54) is 0 Å². The van der Waals surface area contributed by atoms with Gasteiger partial charge in [0.25, 0.3) is 5.91 Å². The first-order valence-electron chi connectivity index (χ1n) is 7.62. The van der Waals surface area contributed by atoms with Crippen LogP contribution in [0.4, 0.5) is 11.5 Å². The first-order valence-corrected chi connectivity index (χ1v) is 7.62. The summed E-state index contributed by atoms with van der Waals surface area (Å²) in [7, 11) is 4.06. The molecule has 1 heterocycles. The number of nitriles is 1. The molecule has 2 aromatic rings. The van der Waals surface area contributed by atoms with Gasteiger partial charge in [-0.15, -0.1) is 10.2 Å². The Balaban J connectivity index is 1.87. The zero-order chi connectivity index (χ0) is 17.4. The van der Waals surface area contributed by atoms with Crippen LogP contribution in [0.25, 0.3) is 0 Å². The highest BCUT2D eigenvalue weighted by Crippen LogP contribution is 2.10. The van der Waals surface area contributed by atoms with Gasteiger partial charge in [0.15, 0.2) is 5.69 Å². The van der Waals surface area contributed by atoms with Gasteiger partial charge in [-0.2, -0.15) is 5.26 Å². The monoisotopic (exact) mass is 324 g/mol. The molecule has 24 heavy (non-hydrogen) atoms. The first-order chi connectivity index (χ1) is 11.6. The minimum Gasteiger partial charge on any atom is -0.369 e. The Hall–Kier alpha value is -2.98. The van der Waals surface area contributed by atoms with Gasteiger partial charge in [-0.05, 0) is 63.5 Å². The fourth-order valence-corrected chi connectivity index (χ4v) is 1.98. The van der Waals surface area contributed by atoms with Crippen molar-refractivity contribution in [1.29, 1.82) is 5.26 Å². The predicted molar refractivity (Wildman–Crippen MR) is 92.8 cm³/mol. The van der Waals surface area contributed by atoms with E-state index in [2.05, 4.69) is 25.7 Å². The van der Waals surface area contributed by atoms with Gasteiger partial charge in [-0.1, -0.05) is 0 Å². The van der Waals surface area contributed by atoms with Crippen LogP contribution in [0, 0.1) is 11.3 Å². The van der Waals surface area contributed by atoms with Gasteiger partial charge in [0.1, 0.15) is 5.82 Å². The average Bonchev–Trinajstić information content (AvgIpc) is 2.59. The largest absolute Gasteiger partial charge is 0.369 e. The number of amides is 1. The zero-order valence-electron chi connectivity index (χ0n) is 13.8. The number of rotatable bonds is 7. The highest BCUT2D eigenvalue weighted by molar-refractivity contribution is 6.02. The van der Waals surface area contributed by atoms with E-state index in [4.69, 9.17) is 5.26 Å². The molecule has 1 amide bonds. The molecule has 7 nitrogen and oxygen atoms in total. The number of hydrogen-bond donors (Lipinski definition) is 2. The Labute approximate surface area is 141 Å². The fourth-order valence-electron chi connectivity index (χ4n) is 1.98. The number of hydrogen-bond acceptors (Lipinski definition) is 6. The van der Waals surface area contributed by atoms with Crippen molar-refractivity contribution in [3.8, 4) is 6.07 Å². The fraction of sp³-hybridized carbons (Fsp3) is 0.294. The second kappa shape index (κ2) is 8.60. The summed E-state index contributed by atoms with van der Waals surface area (Å²) in [5.41, 5.74) is 1.38. The van der Waals surface area contributed by atoms with Gasteiger partial charge in [0.05, 0.1) is 11.6 Å². The summed E-state index contributed by atoms with van der Waals surface area (Å²) in [6.45, 7) is 1.79. The van der Waals surface area contributed by atoms with Crippen LogP contribution in [0.3, 0.4) is 0 Å². The molecule has 0 aliphatic carbocycles. The third-order valence-electron chi connectivity index (χ3n) is 3.26. The number of nitrogens with zero attached hydrogens (tertiary/aromatic N) is 4. The third-order valence-corrected chi connectivity index (χ3v) is 3.26. The number of nitrogens with one attached hydrogen (secondary N) is 2. The molecule has 1 aromatic heterocycles. The summed E-state index contributed by atoms with van der Waals surface area (Å²) >= 11 is 0. The van der Waals surface area contributed by atoms with Crippen LogP contribution in [0.15, 0.2) is 36.4 Å². The molecule has 1 aromatic carbocycles. The Morgan fingerprint density at radius 3 is 2.50 bits per heavy atom. The quantitative estimate of drug-likeness (QED) is 0.756. The van der Waals surface area contributed by atoms with E-state index in [0.29, 0.717) is 17.1 Å². The molecule has 124 valence electrons. The van der Waals surface area contributed by atoms with Crippen LogP contribution in [0.2, 0.25) is 0 Å². The molecule has 0 fully saturated rings. The molecule has 0 spiro atoms. The molecular formula is C17H20N6O. The predicted octanol–water partition coefficient (Wildman–Crippen LogP) is 1.96. The van der Waals surface area contributed by atoms with E-state index in [1.807, 2.05) is 20.2 Å². The summed E-state index contributed by atoms with van der Waals surface area (Å²) < 4.78 is 0. The van der Waals surface area contributed by atoms with Crippen molar-refractivity contribution in [2.24, 2.45) is 0 Å². The lowest BCUT2D eigenvalue weighted by Gasteiger charge is -2.10. The third kappa shape index (κ3) is 5.34. The van der Waals surface area contributed by atoms with E-state index < -0.39 is 0 Å². The van der Waals surface area contributed by atoms with Crippen molar-refractivity contribution in [3.05, 3.63) is 47.7 Å². The van der Waals surface area contributed by atoms with Gasteiger partial charge >= 0.3 is 0 Å². The van der Waals surface area contributed by atoms with Gasteiger partial charge in [0.2, 0.25) is 0 Å². The zero-order valence-corrected chi connectivity index (χ0v) is 13.8. The minimum absolute atomic E-state index is 0.234. The molecule has 0 saturated carbocycles. The van der Waals surface area contributed by atoms with Gasteiger partial charge < -0.3 is 15.5 Å². The van der Waals surface area contributed by atoms with Crippen LogP contribution in [0.5, 0.6) is 0 Å². The van der Waals surface area contributed by atoms with E-state index in [0.717, 1.165) is 19.5 Å². The Kier molecular flexibility index (Phi) is 6.23. The van der Waals surface area contributed by atoms with Crippen LogP contribution >= 0.6 is 0 Å². The SMILES string of the molecule is CN(C)CCCNc1ccc(C(=O)Nc2ccc(C#N)cc2)nn1.